The van der Waals surface area contributed by atoms with Gasteiger partial charge in [0.05, 0.1) is 30.5 Å². The summed E-state index contributed by atoms with van der Waals surface area (Å²) in [5, 5.41) is 10.6. The van der Waals surface area contributed by atoms with Crippen LogP contribution in [0, 0.1) is 0 Å². The van der Waals surface area contributed by atoms with Gasteiger partial charge in [-0.1, -0.05) is 37.6 Å². The number of carboxylic acid groups (broad SMARTS) is 1. The van der Waals surface area contributed by atoms with E-state index in [2.05, 4.69) is 13.0 Å². The molecule has 0 spiro atoms. The summed E-state index contributed by atoms with van der Waals surface area (Å²) in [5.74, 6) is 0.532. The zero-order chi connectivity index (χ0) is 21.8. The molecule has 3 aromatic rings. The fraction of sp³-hybridized carbons (Fsp3) is 0.308. The highest BCUT2D eigenvalue weighted by Crippen LogP contribution is 2.37. The SMILES string of the molecule is CCCCOc1ccc(/C=C2\CCCc3c2nc2ccccc2c3C(=O)O)cc1OC. The minimum Gasteiger partial charge on any atom is -0.493 e. The van der Waals surface area contributed by atoms with Crippen LogP contribution in [0.3, 0.4) is 0 Å². The summed E-state index contributed by atoms with van der Waals surface area (Å²) in [4.78, 5) is 17.0. The van der Waals surface area contributed by atoms with E-state index < -0.39 is 5.97 Å². The van der Waals surface area contributed by atoms with Gasteiger partial charge in [-0.2, -0.15) is 0 Å². The van der Waals surface area contributed by atoms with Crippen LogP contribution in [0.2, 0.25) is 0 Å². The van der Waals surface area contributed by atoms with Crippen molar-refractivity contribution in [1.29, 1.82) is 0 Å². The molecule has 1 aliphatic carbocycles. The third kappa shape index (κ3) is 4.26. The van der Waals surface area contributed by atoms with Crippen molar-refractivity contribution in [3.8, 4) is 11.5 Å². The number of methoxy groups -OCH3 is 1. The molecule has 0 atom stereocenters. The summed E-state index contributed by atoms with van der Waals surface area (Å²) >= 11 is 0. The highest BCUT2D eigenvalue weighted by atomic mass is 16.5. The van der Waals surface area contributed by atoms with E-state index in [4.69, 9.17) is 14.5 Å². The number of carbonyl (C=O) groups is 1. The number of benzene rings is 2. The third-order valence-corrected chi connectivity index (χ3v) is 5.67. The van der Waals surface area contributed by atoms with Gasteiger partial charge in [-0.3, -0.25) is 0 Å². The summed E-state index contributed by atoms with van der Waals surface area (Å²) < 4.78 is 11.4. The average Bonchev–Trinajstić information content (AvgIpc) is 2.78. The molecule has 0 fully saturated rings. The van der Waals surface area contributed by atoms with Gasteiger partial charge in [0.15, 0.2) is 11.5 Å². The zero-order valence-electron chi connectivity index (χ0n) is 18.0. The van der Waals surface area contributed by atoms with Crippen molar-refractivity contribution in [2.45, 2.75) is 39.0 Å². The van der Waals surface area contributed by atoms with Crippen molar-refractivity contribution < 1.29 is 19.4 Å². The van der Waals surface area contributed by atoms with Gasteiger partial charge in [0.25, 0.3) is 0 Å². The first kappa shape index (κ1) is 20.9. The number of unbranched alkanes of at least 4 members (excludes halogenated alkanes) is 1. The number of allylic oxidation sites excluding steroid dienone is 1. The number of para-hydroxylation sites is 1. The molecule has 5 nitrogen and oxygen atoms in total. The van der Waals surface area contributed by atoms with Crippen LogP contribution in [0.1, 0.15) is 59.8 Å². The maximum absolute atomic E-state index is 12.1. The Morgan fingerprint density at radius 2 is 2.00 bits per heavy atom. The molecule has 0 amide bonds. The van der Waals surface area contributed by atoms with Crippen molar-refractivity contribution in [3.05, 3.63) is 64.8 Å². The van der Waals surface area contributed by atoms with Crippen molar-refractivity contribution >= 4 is 28.5 Å². The van der Waals surface area contributed by atoms with Gasteiger partial charge in [0.2, 0.25) is 0 Å². The standard InChI is InChI=1S/C26H27NO4/c1-3-4-14-31-22-13-12-17(16-23(22)30-2)15-18-8-7-10-20-24(26(28)29)19-9-5-6-11-21(19)27-25(18)20/h5-6,9,11-13,15-16H,3-4,7-8,10,14H2,1-2H3,(H,28,29)/b18-15+. The molecule has 1 aromatic heterocycles. The van der Waals surface area contributed by atoms with E-state index in [-0.39, 0.29) is 0 Å². The molecule has 5 heteroatoms. The van der Waals surface area contributed by atoms with Crippen LogP contribution in [0.15, 0.2) is 42.5 Å². The predicted octanol–water partition coefficient (Wildman–Crippen LogP) is 6.00. The number of pyridine rings is 1. The summed E-state index contributed by atoms with van der Waals surface area (Å²) in [7, 11) is 1.64. The van der Waals surface area contributed by atoms with Crippen LogP contribution in [0.4, 0.5) is 0 Å². The largest absolute Gasteiger partial charge is 0.493 e. The van der Waals surface area contributed by atoms with Gasteiger partial charge >= 0.3 is 5.97 Å². The van der Waals surface area contributed by atoms with Crippen LogP contribution < -0.4 is 9.47 Å². The Labute approximate surface area is 182 Å². The van der Waals surface area contributed by atoms with E-state index in [9.17, 15) is 9.90 Å². The molecule has 0 bridgehead atoms. The highest BCUT2D eigenvalue weighted by Gasteiger charge is 2.24. The quantitative estimate of drug-likeness (QED) is 0.478. The minimum absolute atomic E-state index is 0.378. The van der Waals surface area contributed by atoms with E-state index in [1.807, 2.05) is 42.5 Å². The zero-order valence-corrected chi connectivity index (χ0v) is 18.0. The monoisotopic (exact) mass is 417 g/mol. The third-order valence-electron chi connectivity index (χ3n) is 5.67. The van der Waals surface area contributed by atoms with E-state index >= 15 is 0 Å². The van der Waals surface area contributed by atoms with Gasteiger partial charge in [0.1, 0.15) is 0 Å². The Bertz CT molecular complexity index is 1150. The summed E-state index contributed by atoms with van der Waals surface area (Å²) in [5.41, 5.74) is 4.75. The van der Waals surface area contributed by atoms with Crippen molar-refractivity contribution in [1.82, 2.24) is 4.98 Å². The van der Waals surface area contributed by atoms with E-state index in [1.165, 1.54) is 0 Å². The van der Waals surface area contributed by atoms with Gasteiger partial charge in [-0.25, -0.2) is 9.78 Å². The topological polar surface area (TPSA) is 68.7 Å². The van der Waals surface area contributed by atoms with E-state index in [1.54, 1.807) is 7.11 Å². The van der Waals surface area contributed by atoms with Crippen LogP contribution in [0.25, 0.3) is 22.6 Å². The molecule has 0 unspecified atom stereocenters. The van der Waals surface area contributed by atoms with Crippen LogP contribution >= 0.6 is 0 Å². The fourth-order valence-corrected chi connectivity index (χ4v) is 4.14. The maximum atomic E-state index is 12.1. The molecule has 4 rings (SSSR count). The number of aromatic carboxylic acids is 1. The van der Waals surface area contributed by atoms with Crippen molar-refractivity contribution in [2.24, 2.45) is 0 Å². The molecule has 2 aromatic carbocycles. The van der Waals surface area contributed by atoms with Crippen LogP contribution in [0.5, 0.6) is 11.5 Å². The number of hydrogen-bond donors (Lipinski definition) is 1. The lowest BCUT2D eigenvalue weighted by molar-refractivity contribution is 0.0697. The molecule has 0 saturated carbocycles. The summed E-state index contributed by atoms with van der Waals surface area (Å²) in [6.07, 6.45) is 6.63. The number of fused-ring (bicyclic) bond motifs is 2. The van der Waals surface area contributed by atoms with Gasteiger partial charge in [-0.15, -0.1) is 0 Å². The number of carboxylic acids is 1. The Morgan fingerprint density at radius 3 is 2.77 bits per heavy atom. The summed E-state index contributed by atoms with van der Waals surface area (Å²) in [6, 6.07) is 13.4. The molecule has 160 valence electrons. The fourth-order valence-electron chi connectivity index (χ4n) is 4.14. The highest BCUT2D eigenvalue weighted by molar-refractivity contribution is 6.05. The van der Waals surface area contributed by atoms with Crippen LogP contribution in [-0.4, -0.2) is 29.8 Å². The normalized spacial score (nSPS) is 14.5. The van der Waals surface area contributed by atoms with Crippen molar-refractivity contribution in [3.63, 3.8) is 0 Å². The van der Waals surface area contributed by atoms with E-state index in [0.29, 0.717) is 28.8 Å². The first-order valence-electron chi connectivity index (χ1n) is 10.8. The number of aromatic nitrogens is 1. The molecule has 1 aliphatic rings. The lowest BCUT2D eigenvalue weighted by Crippen LogP contribution is -2.13. The second kappa shape index (κ2) is 9.21. The number of ether oxygens (including phenoxy) is 2. The molecular formula is C26H27NO4. The smallest absolute Gasteiger partial charge is 0.336 e. The summed E-state index contributed by atoms with van der Waals surface area (Å²) in [6.45, 7) is 2.79. The first-order valence-corrected chi connectivity index (χ1v) is 10.8. The lowest BCUT2D eigenvalue weighted by atomic mass is 9.86. The second-order valence-electron chi connectivity index (χ2n) is 7.77. The first-order chi connectivity index (χ1) is 15.1. The molecule has 1 N–H and O–H groups in total. The molecule has 31 heavy (non-hydrogen) atoms. The molecule has 1 heterocycles. The predicted molar refractivity (Wildman–Crippen MR) is 123 cm³/mol. The molecule has 0 radical (unpaired) electrons. The Hall–Kier alpha value is -3.34. The number of nitrogens with zero attached hydrogens (tertiary/aromatic N) is 1. The van der Waals surface area contributed by atoms with Crippen LogP contribution in [-0.2, 0) is 6.42 Å². The maximum Gasteiger partial charge on any atom is 0.336 e. The Balaban J connectivity index is 1.77. The Kier molecular flexibility index (Phi) is 6.21. The molecule has 0 saturated heterocycles. The number of rotatable bonds is 7. The van der Waals surface area contributed by atoms with Gasteiger partial charge in [0, 0.05) is 5.39 Å². The van der Waals surface area contributed by atoms with Gasteiger partial charge in [-0.05, 0) is 66.7 Å². The lowest BCUT2D eigenvalue weighted by Gasteiger charge is -2.21. The minimum atomic E-state index is -0.897. The Morgan fingerprint density at radius 1 is 1.16 bits per heavy atom. The van der Waals surface area contributed by atoms with E-state index in [0.717, 1.165) is 60.2 Å². The van der Waals surface area contributed by atoms with Crippen molar-refractivity contribution in [2.75, 3.05) is 13.7 Å². The molecule has 0 aliphatic heterocycles. The number of hydrogen-bond acceptors (Lipinski definition) is 4. The average molecular weight is 418 g/mol. The second-order valence-corrected chi connectivity index (χ2v) is 7.77. The van der Waals surface area contributed by atoms with Gasteiger partial charge < -0.3 is 14.6 Å². The molecular weight excluding hydrogens is 390 g/mol.